The largest absolute Gasteiger partial charge is 0.497 e. The normalized spacial score (nSPS) is 11.8. The Morgan fingerprint density at radius 2 is 1.80 bits per heavy atom. The third kappa shape index (κ3) is 3.55. The molecule has 0 aliphatic rings. The van der Waals surface area contributed by atoms with Gasteiger partial charge in [-0.25, -0.2) is 0 Å². The number of carbonyl (C=O) groups is 1. The summed E-state index contributed by atoms with van der Waals surface area (Å²) in [6, 6.07) is 18.8. The van der Waals surface area contributed by atoms with Gasteiger partial charge in [0, 0.05) is 18.7 Å². The fraction of sp³-hybridized carbons (Fsp3) is 0.200. The van der Waals surface area contributed by atoms with E-state index >= 15 is 0 Å². The molecule has 1 amide bonds. The maximum atomic E-state index is 12.7. The number of amides is 1. The van der Waals surface area contributed by atoms with Crippen LogP contribution in [0, 0.1) is 0 Å². The molecule has 0 aliphatic carbocycles. The van der Waals surface area contributed by atoms with Gasteiger partial charge in [-0.05, 0) is 24.6 Å². The molecule has 0 spiro atoms. The van der Waals surface area contributed by atoms with Crippen LogP contribution in [-0.2, 0) is 0 Å². The van der Waals surface area contributed by atoms with Crippen molar-refractivity contribution in [1.29, 1.82) is 0 Å². The van der Waals surface area contributed by atoms with Gasteiger partial charge in [-0.1, -0.05) is 47.6 Å². The summed E-state index contributed by atoms with van der Waals surface area (Å²) in [5.41, 5.74) is 2.20. The molecule has 3 aromatic rings. The highest BCUT2D eigenvalue weighted by Crippen LogP contribution is 2.25. The molecule has 0 saturated heterocycles. The van der Waals surface area contributed by atoms with Crippen molar-refractivity contribution < 1.29 is 14.1 Å². The first-order valence-corrected chi connectivity index (χ1v) is 8.03. The van der Waals surface area contributed by atoms with Crippen molar-refractivity contribution in [3.8, 4) is 17.1 Å². The number of carbonyl (C=O) groups excluding carboxylic acids is 1. The smallest absolute Gasteiger partial charge is 0.276 e. The lowest BCUT2D eigenvalue weighted by Crippen LogP contribution is -2.29. The predicted molar refractivity (Wildman–Crippen MR) is 95.4 cm³/mol. The summed E-state index contributed by atoms with van der Waals surface area (Å²) in [6.07, 6.45) is 0. The minimum Gasteiger partial charge on any atom is -0.497 e. The van der Waals surface area contributed by atoms with Gasteiger partial charge in [-0.3, -0.25) is 4.79 Å². The molecule has 0 N–H and O–H groups in total. The van der Waals surface area contributed by atoms with Crippen molar-refractivity contribution >= 4 is 5.91 Å². The number of hydrogen-bond donors (Lipinski definition) is 0. The molecule has 3 rings (SSSR count). The lowest BCUT2D eigenvalue weighted by Gasteiger charge is -2.24. The average Bonchev–Trinajstić information content (AvgIpc) is 3.17. The Balaban J connectivity index is 1.76. The van der Waals surface area contributed by atoms with Gasteiger partial charge in [-0.2, -0.15) is 0 Å². The maximum absolute atomic E-state index is 12.7. The molecule has 1 heterocycles. The van der Waals surface area contributed by atoms with Gasteiger partial charge in [0.1, 0.15) is 5.75 Å². The zero-order chi connectivity index (χ0) is 17.8. The lowest BCUT2D eigenvalue weighted by atomic mass is 10.1. The van der Waals surface area contributed by atoms with Gasteiger partial charge in [0.05, 0.1) is 13.2 Å². The predicted octanol–water partition coefficient (Wildman–Crippen LogP) is 4.18. The van der Waals surface area contributed by atoms with E-state index in [2.05, 4.69) is 5.16 Å². The second kappa shape index (κ2) is 7.21. The minimum atomic E-state index is -0.186. The van der Waals surface area contributed by atoms with E-state index in [1.54, 1.807) is 25.1 Å². The number of aromatic nitrogens is 1. The summed E-state index contributed by atoms with van der Waals surface area (Å²) in [5, 5.41) is 3.93. The molecular formula is C20H20N2O3. The number of methoxy groups -OCH3 is 1. The third-order valence-electron chi connectivity index (χ3n) is 4.29. The summed E-state index contributed by atoms with van der Waals surface area (Å²) in [7, 11) is 3.39. The van der Waals surface area contributed by atoms with Crippen molar-refractivity contribution in [2.45, 2.75) is 13.0 Å². The average molecular weight is 336 g/mol. The van der Waals surface area contributed by atoms with E-state index in [0.29, 0.717) is 11.5 Å². The van der Waals surface area contributed by atoms with E-state index in [4.69, 9.17) is 9.26 Å². The summed E-state index contributed by atoms with van der Waals surface area (Å²) < 4.78 is 10.5. The van der Waals surface area contributed by atoms with E-state index in [1.807, 2.05) is 61.5 Å². The molecule has 0 bridgehead atoms. The van der Waals surface area contributed by atoms with Crippen LogP contribution in [0.5, 0.6) is 5.75 Å². The van der Waals surface area contributed by atoms with E-state index < -0.39 is 0 Å². The Bertz CT molecular complexity index is 841. The standard InChI is InChI=1S/C20H20N2O3/c1-14(15-9-11-17(24-3)12-10-15)22(2)20(23)18-13-19(25-21-18)16-7-5-4-6-8-16/h4-14H,1-3H3. The number of ether oxygens (including phenoxy) is 1. The Morgan fingerprint density at radius 3 is 2.44 bits per heavy atom. The van der Waals surface area contributed by atoms with Crippen LogP contribution in [0.25, 0.3) is 11.3 Å². The zero-order valence-electron chi connectivity index (χ0n) is 14.5. The molecule has 1 unspecified atom stereocenters. The van der Waals surface area contributed by atoms with Crippen LogP contribution in [0.4, 0.5) is 0 Å². The van der Waals surface area contributed by atoms with Crippen molar-refractivity contribution in [2.24, 2.45) is 0 Å². The second-order valence-corrected chi connectivity index (χ2v) is 5.81. The zero-order valence-corrected chi connectivity index (χ0v) is 14.5. The number of rotatable bonds is 5. The summed E-state index contributed by atoms with van der Waals surface area (Å²) >= 11 is 0. The van der Waals surface area contributed by atoms with Gasteiger partial charge in [0.2, 0.25) is 0 Å². The van der Waals surface area contributed by atoms with Gasteiger partial charge in [0.15, 0.2) is 11.5 Å². The second-order valence-electron chi connectivity index (χ2n) is 5.81. The molecule has 5 nitrogen and oxygen atoms in total. The van der Waals surface area contributed by atoms with Gasteiger partial charge >= 0.3 is 0 Å². The van der Waals surface area contributed by atoms with E-state index in [-0.39, 0.29) is 11.9 Å². The van der Waals surface area contributed by atoms with Crippen LogP contribution in [0.3, 0.4) is 0 Å². The third-order valence-corrected chi connectivity index (χ3v) is 4.29. The minimum absolute atomic E-state index is 0.102. The quantitative estimate of drug-likeness (QED) is 0.701. The van der Waals surface area contributed by atoms with Crippen LogP contribution >= 0.6 is 0 Å². The Labute approximate surface area is 146 Å². The Hall–Kier alpha value is -3.08. The van der Waals surface area contributed by atoms with Crippen LogP contribution in [-0.4, -0.2) is 30.1 Å². The molecule has 2 aromatic carbocycles. The Morgan fingerprint density at radius 1 is 1.12 bits per heavy atom. The van der Waals surface area contributed by atoms with Crippen molar-refractivity contribution in [1.82, 2.24) is 10.1 Å². The van der Waals surface area contributed by atoms with Gasteiger partial charge in [0.25, 0.3) is 5.91 Å². The highest BCUT2D eigenvalue weighted by Gasteiger charge is 2.22. The lowest BCUT2D eigenvalue weighted by molar-refractivity contribution is 0.0732. The van der Waals surface area contributed by atoms with Gasteiger partial charge < -0.3 is 14.2 Å². The van der Waals surface area contributed by atoms with E-state index in [0.717, 1.165) is 16.9 Å². The first-order valence-electron chi connectivity index (χ1n) is 8.03. The van der Waals surface area contributed by atoms with Crippen LogP contribution in [0.2, 0.25) is 0 Å². The first-order chi connectivity index (χ1) is 12.1. The molecule has 25 heavy (non-hydrogen) atoms. The molecule has 0 aliphatic heterocycles. The topological polar surface area (TPSA) is 55.6 Å². The summed E-state index contributed by atoms with van der Waals surface area (Å²) in [6.45, 7) is 1.97. The summed E-state index contributed by atoms with van der Waals surface area (Å²) in [4.78, 5) is 14.4. The molecule has 5 heteroatoms. The molecule has 0 radical (unpaired) electrons. The van der Waals surface area contributed by atoms with Crippen molar-refractivity contribution in [2.75, 3.05) is 14.2 Å². The first kappa shape index (κ1) is 16.8. The maximum Gasteiger partial charge on any atom is 0.276 e. The van der Waals surface area contributed by atoms with Crippen LogP contribution < -0.4 is 4.74 Å². The van der Waals surface area contributed by atoms with Crippen molar-refractivity contribution in [3.05, 3.63) is 71.9 Å². The van der Waals surface area contributed by atoms with Crippen LogP contribution in [0.1, 0.15) is 29.0 Å². The monoisotopic (exact) mass is 336 g/mol. The molecule has 1 atom stereocenters. The highest BCUT2D eigenvalue weighted by molar-refractivity contribution is 5.93. The molecule has 0 saturated carbocycles. The van der Waals surface area contributed by atoms with Crippen molar-refractivity contribution in [3.63, 3.8) is 0 Å². The SMILES string of the molecule is COc1ccc(C(C)N(C)C(=O)c2cc(-c3ccccc3)on2)cc1. The number of benzene rings is 2. The fourth-order valence-corrected chi connectivity index (χ4v) is 2.58. The van der Waals surface area contributed by atoms with Gasteiger partial charge in [-0.15, -0.1) is 0 Å². The molecule has 0 fully saturated rings. The molecule has 1 aromatic heterocycles. The van der Waals surface area contributed by atoms with E-state index in [9.17, 15) is 4.79 Å². The van der Waals surface area contributed by atoms with E-state index in [1.165, 1.54) is 0 Å². The van der Waals surface area contributed by atoms with Crippen LogP contribution in [0.15, 0.2) is 65.2 Å². The summed E-state index contributed by atoms with van der Waals surface area (Å²) in [5.74, 6) is 1.18. The highest BCUT2D eigenvalue weighted by atomic mass is 16.5. The number of hydrogen-bond acceptors (Lipinski definition) is 4. The fourth-order valence-electron chi connectivity index (χ4n) is 2.58. The number of nitrogens with zero attached hydrogens (tertiary/aromatic N) is 2. The molecular weight excluding hydrogens is 316 g/mol. The Kier molecular flexibility index (Phi) is 4.84. The molecule has 128 valence electrons.